The predicted octanol–water partition coefficient (Wildman–Crippen LogP) is 0.640. The molecule has 0 saturated carbocycles. The summed E-state index contributed by atoms with van der Waals surface area (Å²) in [6.07, 6.45) is 0. The third-order valence-electron chi connectivity index (χ3n) is 1.05. The van der Waals surface area contributed by atoms with E-state index in [-0.39, 0.29) is 0 Å². The monoisotopic (exact) mass is 171 g/mol. The average Bonchev–Trinajstić information content (AvgIpc) is 1.84. The number of nitrogens with two attached hydrogens (primary N) is 2. The zero-order valence-corrected chi connectivity index (χ0v) is 7.41. The Kier molecular flexibility index (Phi) is 3.60. The third kappa shape index (κ3) is 3.62. The molecule has 0 aromatic rings. The molecule has 0 aliphatic heterocycles. The van der Waals surface area contributed by atoms with Crippen LogP contribution in [0, 0.1) is 0 Å². The summed E-state index contributed by atoms with van der Waals surface area (Å²) in [7, 11) is 0. The zero-order valence-electron chi connectivity index (χ0n) is 6.52. The molecular formula is C7H13N3S. The molecule has 11 heavy (non-hydrogen) atoms. The van der Waals surface area contributed by atoms with Crippen LogP contribution >= 0.6 is 12.6 Å². The molecule has 0 saturated heterocycles. The van der Waals surface area contributed by atoms with Crippen LogP contribution in [0.4, 0.5) is 0 Å². The first-order valence-corrected chi connectivity index (χ1v) is 3.46. The standard InChI is InChI=1S/C7H13N3S/c1-4(8)7(9)5(2)10-6(3)11/h10-11H,2-3,8-9H2,1H3/b7-4+. The van der Waals surface area contributed by atoms with Crippen molar-refractivity contribution in [2.75, 3.05) is 0 Å². The van der Waals surface area contributed by atoms with Crippen molar-refractivity contribution in [2.45, 2.75) is 6.92 Å². The molecule has 4 heteroatoms. The lowest BCUT2D eigenvalue weighted by molar-refractivity contribution is 1.02. The first kappa shape index (κ1) is 9.97. The number of hydrogen-bond donors (Lipinski definition) is 4. The van der Waals surface area contributed by atoms with Gasteiger partial charge in [-0.15, -0.1) is 12.6 Å². The van der Waals surface area contributed by atoms with Crippen LogP contribution in [-0.4, -0.2) is 0 Å². The first-order chi connectivity index (χ1) is 4.95. The fourth-order valence-corrected chi connectivity index (χ4v) is 0.614. The van der Waals surface area contributed by atoms with Gasteiger partial charge in [0.25, 0.3) is 0 Å². The predicted molar refractivity (Wildman–Crippen MR) is 51.5 cm³/mol. The van der Waals surface area contributed by atoms with Crippen molar-refractivity contribution in [2.24, 2.45) is 11.5 Å². The van der Waals surface area contributed by atoms with E-state index in [1.54, 1.807) is 6.92 Å². The fraction of sp³-hybridized carbons (Fsp3) is 0.143. The van der Waals surface area contributed by atoms with Gasteiger partial charge in [-0.25, -0.2) is 0 Å². The summed E-state index contributed by atoms with van der Waals surface area (Å²) in [5.74, 6) is 0. The SMILES string of the molecule is C=C(S)NC(=C)/C(N)=C(/C)N. The zero-order chi connectivity index (χ0) is 9.02. The molecule has 0 amide bonds. The Bertz CT molecular complexity index is 214. The third-order valence-corrected chi connectivity index (χ3v) is 1.16. The Morgan fingerprint density at radius 1 is 1.36 bits per heavy atom. The van der Waals surface area contributed by atoms with Gasteiger partial charge in [-0.3, -0.25) is 0 Å². The maximum atomic E-state index is 5.53. The molecule has 3 nitrogen and oxygen atoms in total. The highest BCUT2D eigenvalue weighted by Gasteiger charge is 1.98. The second kappa shape index (κ2) is 3.98. The Hall–Kier alpha value is -1.03. The number of nitrogens with one attached hydrogen (secondary N) is 1. The molecular weight excluding hydrogens is 158 g/mol. The van der Waals surface area contributed by atoms with Crippen molar-refractivity contribution in [3.63, 3.8) is 0 Å². The summed E-state index contributed by atoms with van der Waals surface area (Å²) in [6.45, 7) is 8.84. The van der Waals surface area contributed by atoms with Crippen LogP contribution in [0.25, 0.3) is 0 Å². The summed E-state index contributed by atoms with van der Waals surface area (Å²) < 4.78 is 0. The smallest absolute Gasteiger partial charge is 0.0734 e. The van der Waals surface area contributed by atoms with E-state index >= 15 is 0 Å². The van der Waals surface area contributed by atoms with Crippen LogP contribution in [0.15, 0.2) is 35.3 Å². The highest BCUT2D eigenvalue weighted by atomic mass is 32.1. The Balaban J connectivity index is 4.28. The molecule has 0 atom stereocenters. The topological polar surface area (TPSA) is 64.1 Å². The summed E-state index contributed by atoms with van der Waals surface area (Å²) >= 11 is 3.92. The maximum absolute atomic E-state index is 5.53. The van der Waals surface area contributed by atoms with Gasteiger partial charge in [0.15, 0.2) is 0 Å². The lowest BCUT2D eigenvalue weighted by Crippen LogP contribution is -2.18. The van der Waals surface area contributed by atoms with Gasteiger partial charge in [0, 0.05) is 5.70 Å². The Morgan fingerprint density at radius 2 is 1.82 bits per heavy atom. The quantitative estimate of drug-likeness (QED) is 0.372. The summed E-state index contributed by atoms with van der Waals surface area (Å²) in [5.41, 5.74) is 12.4. The lowest BCUT2D eigenvalue weighted by Gasteiger charge is -2.09. The van der Waals surface area contributed by atoms with Crippen molar-refractivity contribution < 1.29 is 0 Å². The second-order valence-electron chi connectivity index (χ2n) is 2.15. The van der Waals surface area contributed by atoms with Crippen LogP contribution < -0.4 is 16.8 Å². The van der Waals surface area contributed by atoms with Crippen molar-refractivity contribution in [3.8, 4) is 0 Å². The molecule has 0 rings (SSSR count). The van der Waals surface area contributed by atoms with Gasteiger partial charge in [0.2, 0.25) is 0 Å². The summed E-state index contributed by atoms with van der Waals surface area (Å²) in [4.78, 5) is 0. The number of allylic oxidation sites excluding steroid dienone is 1. The van der Waals surface area contributed by atoms with Gasteiger partial charge in [-0.2, -0.15) is 0 Å². The van der Waals surface area contributed by atoms with E-state index in [0.29, 0.717) is 22.1 Å². The van der Waals surface area contributed by atoms with Crippen LogP contribution in [0.1, 0.15) is 6.92 Å². The second-order valence-corrected chi connectivity index (χ2v) is 2.69. The van der Waals surface area contributed by atoms with Gasteiger partial charge in [0.1, 0.15) is 0 Å². The van der Waals surface area contributed by atoms with Crippen LogP contribution in [-0.2, 0) is 0 Å². The fourth-order valence-electron chi connectivity index (χ4n) is 0.480. The van der Waals surface area contributed by atoms with Gasteiger partial charge < -0.3 is 16.8 Å². The molecule has 0 aromatic heterocycles. The normalized spacial score (nSPS) is 11.8. The lowest BCUT2D eigenvalue weighted by atomic mass is 10.3. The minimum atomic E-state index is 0.431. The molecule has 62 valence electrons. The molecule has 0 aliphatic carbocycles. The van der Waals surface area contributed by atoms with Gasteiger partial charge in [-0.05, 0) is 6.92 Å². The van der Waals surface area contributed by atoms with E-state index in [1.807, 2.05) is 0 Å². The van der Waals surface area contributed by atoms with E-state index < -0.39 is 0 Å². The molecule has 0 bridgehead atoms. The highest BCUT2D eigenvalue weighted by Crippen LogP contribution is 2.03. The highest BCUT2D eigenvalue weighted by molar-refractivity contribution is 7.84. The number of hydrogen-bond acceptors (Lipinski definition) is 4. The van der Waals surface area contributed by atoms with Crippen LogP contribution in [0.5, 0.6) is 0 Å². The molecule has 0 spiro atoms. The average molecular weight is 171 g/mol. The van der Waals surface area contributed by atoms with E-state index in [4.69, 9.17) is 11.5 Å². The number of thiol groups is 1. The number of rotatable bonds is 3. The molecule has 0 radical (unpaired) electrons. The van der Waals surface area contributed by atoms with Gasteiger partial charge in [-0.1, -0.05) is 13.2 Å². The molecule has 0 aromatic carbocycles. The minimum absolute atomic E-state index is 0.431. The summed E-state index contributed by atoms with van der Waals surface area (Å²) in [5, 5.41) is 3.22. The largest absolute Gasteiger partial charge is 0.401 e. The molecule has 0 aliphatic rings. The summed E-state index contributed by atoms with van der Waals surface area (Å²) in [6, 6.07) is 0. The molecule has 0 unspecified atom stereocenters. The maximum Gasteiger partial charge on any atom is 0.0734 e. The van der Waals surface area contributed by atoms with E-state index in [9.17, 15) is 0 Å². The van der Waals surface area contributed by atoms with Crippen molar-refractivity contribution >= 4 is 12.6 Å². The van der Waals surface area contributed by atoms with E-state index in [0.717, 1.165) is 0 Å². The Morgan fingerprint density at radius 3 is 2.09 bits per heavy atom. The van der Waals surface area contributed by atoms with Crippen LogP contribution in [0.2, 0.25) is 0 Å². The van der Waals surface area contributed by atoms with E-state index in [2.05, 4.69) is 31.1 Å². The minimum Gasteiger partial charge on any atom is -0.401 e. The molecule has 0 fully saturated rings. The van der Waals surface area contributed by atoms with Crippen molar-refractivity contribution in [1.82, 2.24) is 5.32 Å². The van der Waals surface area contributed by atoms with Crippen molar-refractivity contribution in [1.29, 1.82) is 0 Å². The van der Waals surface area contributed by atoms with E-state index in [1.165, 1.54) is 0 Å². The van der Waals surface area contributed by atoms with Crippen molar-refractivity contribution in [3.05, 3.63) is 35.3 Å². The molecule has 5 N–H and O–H groups in total. The van der Waals surface area contributed by atoms with Crippen LogP contribution in [0.3, 0.4) is 0 Å². The first-order valence-electron chi connectivity index (χ1n) is 3.01. The van der Waals surface area contributed by atoms with Gasteiger partial charge >= 0.3 is 0 Å². The molecule has 0 heterocycles. The van der Waals surface area contributed by atoms with Gasteiger partial charge in [0.05, 0.1) is 16.4 Å². The Labute approximate surface area is 72.2 Å².